The van der Waals surface area contributed by atoms with Crippen LogP contribution in [0.5, 0.6) is 0 Å². The van der Waals surface area contributed by atoms with Gasteiger partial charge in [-0.3, -0.25) is 4.79 Å². The summed E-state index contributed by atoms with van der Waals surface area (Å²) in [5, 5.41) is 0. The van der Waals surface area contributed by atoms with Gasteiger partial charge >= 0.3 is 0 Å². The van der Waals surface area contributed by atoms with Crippen LogP contribution in [0.3, 0.4) is 0 Å². The minimum absolute atomic E-state index is 0.0135. The van der Waals surface area contributed by atoms with E-state index in [0.717, 1.165) is 44.0 Å². The van der Waals surface area contributed by atoms with E-state index in [1.807, 2.05) is 24.0 Å². The molecule has 1 fully saturated rings. The first-order chi connectivity index (χ1) is 11.6. The van der Waals surface area contributed by atoms with E-state index in [-0.39, 0.29) is 5.91 Å². The van der Waals surface area contributed by atoms with Crippen LogP contribution >= 0.6 is 0 Å². The molecule has 5 heteroatoms. The van der Waals surface area contributed by atoms with Crippen molar-refractivity contribution in [1.29, 1.82) is 0 Å². The zero-order chi connectivity index (χ0) is 17.1. The van der Waals surface area contributed by atoms with Crippen molar-refractivity contribution in [3.63, 3.8) is 0 Å². The molecular formula is C19H24N4O. The lowest BCUT2D eigenvalue weighted by Crippen LogP contribution is -2.29. The van der Waals surface area contributed by atoms with E-state index < -0.39 is 0 Å². The largest absolute Gasteiger partial charge is 0.337 e. The minimum Gasteiger partial charge on any atom is -0.337 e. The van der Waals surface area contributed by atoms with Gasteiger partial charge in [0.2, 0.25) is 0 Å². The van der Waals surface area contributed by atoms with Gasteiger partial charge in [0.25, 0.3) is 5.91 Å². The summed E-state index contributed by atoms with van der Waals surface area (Å²) >= 11 is 0. The fraction of sp³-hybridized carbons (Fsp3) is 0.421. The van der Waals surface area contributed by atoms with Crippen molar-refractivity contribution >= 4 is 17.4 Å². The van der Waals surface area contributed by atoms with E-state index in [0.29, 0.717) is 11.5 Å². The summed E-state index contributed by atoms with van der Waals surface area (Å²) in [5.74, 6) is 1.42. The molecule has 1 aliphatic rings. The summed E-state index contributed by atoms with van der Waals surface area (Å²) in [6.45, 7) is 8.43. The van der Waals surface area contributed by atoms with E-state index in [9.17, 15) is 4.79 Å². The molecule has 2 heterocycles. The van der Waals surface area contributed by atoms with Gasteiger partial charge in [-0.25, -0.2) is 9.97 Å². The normalized spacial score (nSPS) is 14.0. The molecule has 1 aromatic carbocycles. The molecule has 1 aliphatic heterocycles. The highest BCUT2D eigenvalue weighted by Gasteiger charge is 2.22. The number of benzene rings is 1. The van der Waals surface area contributed by atoms with Crippen LogP contribution in [0, 0.1) is 13.8 Å². The third-order valence-corrected chi connectivity index (χ3v) is 4.34. The van der Waals surface area contributed by atoms with Gasteiger partial charge in [-0.15, -0.1) is 0 Å². The molecular weight excluding hydrogens is 300 g/mol. The first-order valence-electron chi connectivity index (χ1n) is 8.57. The van der Waals surface area contributed by atoms with Gasteiger partial charge in [0.05, 0.1) is 0 Å². The molecule has 3 rings (SSSR count). The van der Waals surface area contributed by atoms with Crippen molar-refractivity contribution in [1.82, 2.24) is 14.9 Å². The maximum atomic E-state index is 12.7. The summed E-state index contributed by atoms with van der Waals surface area (Å²) in [7, 11) is 0. The third kappa shape index (κ3) is 3.40. The van der Waals surface area contributed by atoms with Gasteiger partial charge in [-0.2, -0.15) is 0 Å². The van der Waals surface area contributed by atoms with E-state index in [2.05, 4.69) is 46.9 Å². The molecule has 0 N–H and O–H groups in total. The smallest absolute Gasteiger partial charge is 0.272 e. The standard InChI is InChI=1S/C19H24N4O/c1-4-23(16-9-7-8-14(2)12-16)18-13-17(20-15(3)21-18)19(24)22-10-5-6-11-22/h7-9,12-13H,4-6,10-11H2,1-3H3. The molecule has 5 nitrogen and oxygen atoms in total. The second-order valence-electron chi connectivity index (χ2n) is 6.24. The average molecular weight is 324 g/mol. The molecule has 126 valence electrons. The topological polar surface area (TPSA) is 49.3 Å². The Bertz CT molecular complexity index is 738. The van der Waals surface area contributed by atoms with Gasteiger partial charge in [0.15, 0.2) is 0 Å². The number of carbonyl (C=O) groups excluding carboxylic acids is 1. The predicted octanol–water partition coefficient (Wildman–Crippen LogP) is 3.49. The number of nitrogens with zero attached hydrogens (tertiary/aromatic N) is 4. The average Bonchev–Trinajstić information content (AvgIpc) is 3.09. The summed E-state index contributed by atoms with van der Waals surface area (Å²) in [6.07, 6.45) is 2.15. The van der Waals surface area contributed by atoms with E-state index in [1.165, 1.54) is 5.56 Å². The zero-order valence-corrected chi connectivity index (χ0v) is 14.6. The first kappa shape index (κ1) is 16.4. The molecule has 2 aromatic rings. The molecule has 0 atom stereocenters. The summed E-state index contributed by atoms with van der Waals surface area (Å²) < 4.78 is 0. The number of hydrogen-bond acceptors (Lipinski definition) is 4. The maximum Gasteiger partial charge on any atom is 0.272 e. The number of likely N-dealkylation sites (tertiary alicyclic amines) is 1. The molecule has 1 saturated heterocycles. The van der Waals surface area contributed by atoms with Gasteiger partial charge in [0, 0.05) is 31.4 Å². The van der Waals surface area contributed by atoms with Crippen LogP contribution in [0.25, 0.3) is 0 Å². The van der Waals surface area contributed by atoms with Gasteiger partial charge in [-0.05, 0) is 51.3 Å². The van der Waals surface area contributed by atoms with Crippen molar-refractivity contribution in [2.45, 2.75) is 33.6 Å². The maximum absolute atomic E-state index is 12.7. The number of aryl methyl sites for hydroxylation is 2. The highest BCUT2D eigenvalue weighted by molar-refractivity contribution is 5.93. The molecule has 0 bridgehead atoms. The number of hydrogen-bond donors (Lipinski definition) is 0. The predicted molar refractivity (Wildman–Crippen MR) is 95.8 cm³/mol. The Labute approximate surface area is 143 Å². The quantitative estimate of drug-likeness (QED) is 0.864. The van der Waals surface area contributed by atoms with Crippen LogP contribution in [-0.4, -0.2) is 40.4 Å². The number of rotatable bonds is 4. The number of amides is 1. The highest BCUT2D eigenvalue weighted by atomic mass is 16.2. The Morgan fingerprint density at radius 2 is 1.92 bits per heavy atom. The molecule has 1 amide bonds. The molecule has 0 unspecified atom stereocenters. The summed E-state index contributed by atoms with van der Waals surface area (Å²) in [5.41, 5.74) is 2.77. The molecule has 24 heavy (non-hydrogen) atoms. The molecule has 0 saturated carbocycles. The SMILES string of the molecule is CCN(c1cccc(C)c1)c1cc(C(=O)N2CCCC2)nc(C)n1. The number of carbonyl (C=O) groups is 1. The lowest BCUT2D eigenvalue weighted by Gasteiger charge is -2.23. The zero-order valence-electron chi connectivity index (χ0n) is 14.6. The van der Waals surface area contributed by atoms with Crippen LogP contribution < -0.4 is 4.90 Å². The fourth-order valence-corrected chi connectivity index (χ4v) is 3.15. The second kappa shape index (κ2) is 6.99. The number of aromatic nitrogens is 2. The summed E-state index contributed by atoms with van der Waals surface area (Å²) in [6, 6.07) is 10.1. The van der Waals surface area contributed by atoms with Crippen molar-refractivity contribution in [2.24, 2.45) is 0 Å². The Kier molecular flexibility index (Phi) is 4.79. The third-order valence-electron chi connectivity index (χ3n) is 4.34. The Hall–Kier alpha value is -2.43. The lowest BCUT2D eigenvalue weighted by molar-refractivity contribution is 0.0786. The lowest BCUT2D eigenvalue weighted by atomic mass is 10.2. The van der Waals surface area contributed by atoms with Gasteiger partial charge < -0.3 is 9.80 Å². The highest BCUT2D eigenvalue weighted by Crippen LogP contribution is 2.25. The Morgan fingerprint density at radius 3 is 2.58 bits per heavy atom. The van der Waals surface area contributed by atoms with E-state index in [4.69, 9.17) is 0 Å². The molecule has 1 aromatic heterocycles. The van der Waals surface area contributed by atoms with Crippen LogP contribution in [0.1, 0.15) is 41.6 Å². The Morgan fingerprint density at radius 1 is 1.17 bits per heavy atom. The van der Waals surface area contributed by atoms with Gasteiger partial charge in [0.1, 0.15) is 17.3 Å². The van der Waals surface area contributed by atoms with Gasteiger partial charge in [-0.1, -0.05) is 12.1 Å². The van der Waals surface area contributed by atoms with Crippen molar-refractivity contribution in [3.05, 3.63) is 47.4 Å². The molecule has 0 aliphatic carbocycles. The van der Waals surface area contributed by atoms with Crippen molar-refractivity contribution < 1.29 is 4.79 Å². The van der Waals surface area contributed by atoms with Crippen LogP contribution in [0.4, 0.5) is 11.5 Å². The van der Waals surface area contributed by atoms with E-state index in [1.54, 1.807) is 0 Å². The van der Waals surface area contributed by atoms with Crippen LogP contribution in [0.15, 0.2) is 30.3 Å². The second-order valence-corrected chi connectivity index (χ2v) is 6.24. The molecule has 0 spiro atoms. The van der Waals surface area contributed by atoms with Crippen molar-refractivity contribution in [2.75, 3.05) is 24.5 Å². The van der Waals surface area contributed by atoms with Crippen molar-refractivity contribution in [3.8, 4) is 0 Å². The van der Waals surface area contributed by atoms with Crippen LogP contribution in [-0.2, 0) is 0 Å². The Balaban J connectivity index is 1.96. The summed E-state index contributed by atoms with van der Waals surface area (Å²) in [4.78, 5) is 25.6. The van der Waals surface area contributed by atoms with Crippen LogP contribution in [0.2, 0.25) is 0 Å². The van der Waals surface area contributed by atoms with E-state index >= 15 is 0 Å². The minimum atomic E-state index is 0.0135. The molecule has 0 radical (unpaired) electrons. The fourth-order valence-electron chi connectivity index (χ4n) is 3.15. The number of anilines is 2. The monoisotopic (exact) mass is 324 g/mol. The first-order valence-corrected chi connectivity index (χ1v) is 8.57.